The molecule has 2 aromatic rings. The molecule has 0 radical (unpaired) electrons. The molecule has 0 unspecified atom stereocenters. The van der Waals surface area contributed by atoms with E-state index in [0.29, 0.717) is 17.2 Å². The molecular formula is C24H32FN5O5. The molecule has 0 saturated carbocycles. The standard InChI is InChI=1S/C24H32FN5O5/c1-14(27-23(31)35-24(2,3)4)20(13-32-5)29-22-19(25)8-15(12-26)21(30-22)28-16-9-17(33-6)11-18(10-16)34-7/h8-11,14,20H,13H2,1-7H3,(H,27,31)(H2,28,29,30)/t14-,20+/m0/s1. The number of carbonyl (C=O) groups is 1. The van der Waals surface area contributed by atoms with Gasteiger partial charge in [0.2, 0.25) is 0 Å². The van der Waals surface area contributed by atoms with Gasteiger partial charge in [0, 0.05) is 31.0 Å². The first-order chi connectivity index (χ1) is 16.5. The van der Waals surface area contributed by atoms with Crippen LogP contribution >= 0.6 is 0 Å². The topological polar surface area (TPSA) is 127 Å². The Morgan fingerprint density at radius 1 is 1.11 bits per heavy atom. The Morgan fingerprint density at radius 3 is 2.26 bits per heavy atom. The number of methoxy groups -OCH3 is 3. The van der Waals surface area contributed by atoms with E-state index in [9.17, 15) is 14.4 Å². The summed E-state index contributed by atoms with van der Waals surface area (Å²) in [7, 11) is 4.51. The van der Waals surface area contributed by atoms with Crippen LogP contribution in [0.3, 0.4) is 0 Å². The molecule has 0 aliphatic rings. The highest BCUT2D eigenvalue weighted by molar-refractivity contribution is 5.69. The molecule has 1 amide bonds. The predicted molar refractivity (Wildman–Crippen MR) is 130 cm³/mol. The molecule has 2 rings (SSSR count). The number of ether oxygens (including phenoxy) is 4. The molecule has 0 saturated heterocycles. The number of hydrogen-bond acceptors (Lipinski definition) is 9. The molecule has 2 atom stereocenters. The minimum atomic E-state index is -0.735. The molecule has 1 aromatic carbocycles. The highest BCUT2D eigenvalue weighted by Gasteiger charge is 2.25. The fourth-order valence-corrected chi connectivity index (χ4v) is 3.05. The summed E-state index contributed by atoms with van der Waals surface area (Å²) in [4.78, 5) is 16.5. The SMILES string of the molecule is COC[C@@H](Nc1nc(Nc2cc(OC)cc(OC)c2)c(C#N)cc1F)[C@H](C)NC(=O)OC(C)(C)C. The summed E-state index contributed by atoms with van der Waals surface area (Å²) in [5, 5.41) is 18.2. The van der Waals surface area contributed by atoms with Crippen LogP contribution in [0.5, 0.6) is 11.5 Å². The Labute approximate surface area is 204 Å². The smallest absolute Gasteiger partial charge is 0.407 e. The van der Waals surface area contributed by atoms with Crippen molar-refractivity contribution in [3.05, 3.63) is 35.6 Å². The fraction of sp³-hybridized carbons (Fsp3) is 0.458. The normalized spacial score (nSPS) is 12.7. The molecule has 10 nitrogen and oxygen atoms in total. The summed E-state index contributed by atoms with van der Waals surface area (Å²) >= 11 is 0. The summed E-state index contributed by atoms with van der Waals surface area (Å²) in [5.74, 6) is 0.304. The zero-order valence-corrected chi connectivity index (χ0v) is 21.0. The van der Waals surface area contributed by atoms with E-state index in [2.05, 4.69) is 20.9 Å². The molecule has 0 fully saturated rings. The van der Waals surface area contributed by atoms with E-state index in [4.69, 9.17) is 18.9 Å². The molecule has 11 heteroatoms. The molecule has 0 aliphatic carbocycles. The van der Waals surface area contributed by atoms with Gasteiger partial charge < -0.3 is 34.9 Å². The minimum absolute atomic E-state index is 0.00180. The molecule has 3 N–H and O–H groups in total. The number of nitrogens with one attached hydrogen (secondary N) is 3. The van der Waals surface area contributed by atoms with Crippen LogP contribution in [0, 0.1) is 17.1 Å². The van der Waals surface area contributed by atoms with E-state index in [1.165, 1.54) is 21.3 Å². The van der Waals surface area contributed by atoms with Gasteiger partial charge >= 0.3 is 6.09 Å². The monoisotopic (exact) mass is 489 g/mol. The van der Waals surface area contributed by atoms with Gasteiger partial charge in [-0.05, 0) is 33.8 Å². The zero-order valence-electron chi connectivity index (χ0n) is 21.0. The van der Waals surface area contributed by atoms with Gasteiger partial charge in [-0.2, -0.15) is 5.26 Å². The van der Waals surface area contributed by atoms with Gasteiger partial charge in [-0.1, -0.05) is 0 Å². The van der Waals surface area contributed by atoms with Crippen molar-refractivity contribution in [1.82, 2.24) is 10.3 Å². The number of halogens is 1. The molecular weight excluding hydrogens is 457 g/mol. The average Bonchev–Trinajstić information content (AvgIpc) is 2.78. The number of amides is 1. The van der Waals surface area contributed by atoms with E-state index < -0.39 is 29.6 Å². The number of anilines is 3. The van der Waals surface area contributed by atoms with Crippen molar-refractivity contribution in [1.29, 1.82) is 5.26 Å². The summed E-state index contributed by atoms with van der Waals surface area (Å²) in [6.07, 6.45) is -0.615. The Morgan fingerprint density at radius 2 is 1.74 bits per heavy atom. The molecule has 0 aliphatic heterocycles. The maximum atomic E-state index is 14.8. The van der Waals surface area contributed by atoms with E-state index in [0.717, 1.165) is 6.07 Å². The zero-order chi connectivity index (χ0) is 26.2. The van der Waals surface area contributed by atoms with E-state index in [1.807, 2.05) is 6.07 Å². The second-order valence-corrected chi connectivity index (χ2v) is 8.69. The summed E-state index contributed by atoms with van der Waals surface area (Å²) in [6.45, 7) is 7.12. The number of aromatic nitrogens is 1. The van der Waals surface area contributed by atoms with Crippen LogP contribution in [-0.2, 0) is 9.47 Å². The number of alkyl carbamates (subject to hydrolysis) is 1. The van der Waals surface area contributed by atoms with Crippen LogP contribution in [0.4, 0.5) is 26.5 Å². The lowest BCUT2D eigenvalue weighted by molar-refractivity contribution is 0.0493. The van der Waals surface area contributed by atoms with E-state index in [-0.39, 0.29) is 23.8 Å². The van der Waals surface area contributed by atoms with Gasteiger partial charge in [0.25, 0.3) is 0 Å². The Bertz CT molecular complexity index is 1050. The largest absolute Gasteiger partial charge is 0.497 e. The Hall–Kier alpha value is -3.78. The van der Waals surface area contributed by atoms with Crippen LogP contribution in [0.15, 0.2) is 24.3 Å². The third-order valence-corrected chi connectivity index (χ3v) is 4.73. The van der Waals surface area contributed by atoms with Crippen molar-refractivity contribution >= 4 is 23.4 Å². The molecule has 0 spiro atoms. The first-order valence-electron chi connectivity index (χ1n) is 10.8. The van der Waals surface area contributed by atoms with Crippen LogP contribution in [0.25, 0.3) is 0 Å². The minimum Gasteiger partial charge on any atom is -0.497 e. The maximum absolute atomic E-state index is 14.8. The number of nitriles is 1. The Balaban J connectivity index is 2.32. The van der Waals surface area contributed by atoms with Crippen molar-refractivity contribution in [2.24, 2.45) is 0 Å². The third-order valence-electron chi connectivity index (χ3n) is 4.73. The lowest BCUT2D eigenvalue weighted by Gasteiger charge is -2.28. The first-order valence-corrected chi connectivity index (χ1v) is 10.8. The quantitative estimate of drug-likeness (QED) is 0.450. The van der Waals surface area contributed by atoms with Gasteiger partial charge in [0.1, 0.15) is 23.2 Å². The average molecular weight is 490 g/mol. The number of benzene rings is 1. The molecule has 1 aromatic heterocycles. The van der Waals surface area contributed by atoms with Crippen molar-refractivity contribution in [3.63, 3.8) is 0 Å². The maximum Gasteiger partial charge on any atom is 0.407 e. The lowest BCUT2D eigenvalue weighted by Crippen LogP contribution is -2.48. The number of nitrogens with zero attached hydrogens (tertiary/aromatic N) is 2. The predicted octanol–water partition coefficient (Wildman–Crippen LogP) is 4.19. The Kier molecular flexibility index (Phi) is 9.48. The van der Waals surface area contributed by atoms with Gasteiger partial charge in [-0.15, -0.1) is 0 Å². The number of carbonyl (C=O) groups excluding carboxylic acids is 1. The third kappa shape index (κ3) is 8.19. The van der Waals surface area contributed by atoms with Gasteiger partial charge in [-0.25, -0.2) is 14.2 Å². The molecule has 0 bridgehead atoms. The van der Waals surface area contributed by atoms with Gasteiger partial charge in [-0.3, -0.25) is 0 Å². The number of hydrogen-bond donors (Lipinski definition) is 3. The van der Waals surface area contributed by atoms with Crippen molar-refractivity contribution in [2.45, 2.75) is 45.4 Å². The molecule has 35 heavy (non-hydrogen) atoms. The highest BCUT2D eigenvalue weighted by atomic mass is 19.1. The molecule has 190 valence electrons. The van der Waals surface area contributed by atoms with E-state index >= 15 is 0 Å². The second-order valence-electron chi connectivity index (χ2n) is 8.69. The van der Waals surface area contributed by atoms with Gasteiger partial charge in [0.15, 0.2) is 17.5 Å². The van der Waals surface area contributed by atoms with Crippen molar-refractivity contribution < 1.29 is 28.1 Å². The first kappa shape index (κ1) is 27.5. The summed E-state index contributed by atoms with van der Waals surface area (Å²) < 4.78 is 35.9. The van der Waals surface area contributed by atoms with Crippen LogP contribution in [0.2, 0.25) is 0 Å². The number of pyridine rings is 1. The summed E-state index contributed by atoms with van der Waals surface area (Å²) in [5.41, 5.74) is -0.146. The van der Waals surface area contributed by atoms with E-state index in [1.54, 1.807) is 45.9 Å². The number of rotatable bonds is 10. The van der Waals surface area contributed by atoms with Crippen LogP contribution in [-0.4, -0.2) is 56.7 Å². The van der Waals surface area contributed by atoms with Crippen LogP contribution < -0.4 is 25.4 Å². The second kappa shape index (κ2) is 12.1. The van der Waals surface area contributed by atoms with Crippen molar-refractivity contribution in [2.75, 3.05) is 38.6 Å². The fourth-order valence-electron chi connectivity index (χ4n) is 3.05. The van der Waals surface area contributed by atoms with Gasteiger partial charge in [0.05, 0.1) is 38.5 Å². The summed E-state index contributed by atoms with van der Waals surface area (Å²) in [6, 6.07) is 6.99. The lowest BCUT2D eigenvalue weighted by atomic mass is 10.1. The van der Waals surface area contributed by atoms with Crippen LogP contribution in [0.1, 0.15) is 33.3 Å². The highest BCUT2D eigenvalue weighted by Crippen LogP contribution is 2.30. The van der Waals surface area contributed by atoms with Crippen molar-refractivity contribution in [3.8, 4) is 17.6 Å². The molecule has 1 heterocycles.